The molecule has 2 aromatic heterocycles. The van der Waals surface area contributed by atoms with Crippen LogP contribution in [0.25, 0.3) is 11.3 Å². The van der Waals surface area contributed by atoms with E-state index in [2.05, 4.69) is 35.5 Å². The van der Waals surface area contributed by atoms with Gasteiger partial charge in [-0.05, 0) is 81.4 Å². The van der Waals surface area contributed by atoms with Gasteiger partial charge in [-0.15, -0.1) is 12.4 Å². The number of carbonyl (C=O) groups excluding carboxylic acids is 1. The van der Waals surface area contributed by atoms with E-state index >= 15 is 0 Å². The summed E-state index contributed by atoms with van der Waals surface area (Å²) in [6.45, 7) is 4.46. The number of aromatic nitrogens is 4. The summed E-state index contributed by atoms with van der Waals surface area (Å²) in [5.41, 5.74) is 2.55. The molecule has 0 radical (unpaired) electrons. The van der Waals surface area contributed by atoms with Crippen LogP contribution in [0.5, 0.6) is 0 Å². The van der Waals surface area contributed by atoms with E-state index in [9.17, 15) is 18.0 Å². The number of halogens is 4. The lowest BCUT2D eigenvalue weighted by Crippen LogP contribution is -2.26. The van der Waals surface area contributed by atoms with Crippen LogP contribution >= 0.6 is 12.4 Å². The van der Waals surface area contributed by atoms with E-state index in [0.717, 1.165) is 43.2 Å². The number of alkyl halides is 3. The van der Waals surface area contributed by atoms with Crippen LogP contribution in [-0.4, -0.2) is 69.4 Å². The Balaban J connectivity index is 0.00000442. The van der Waals surface area contributed by atoms with E-state index in [1.54, 1.807) is 42.9 Å². The third-order valence-corrected chi connectivity index (χ3v) is 7.32. The molecule has 1 aliphatic heterocycles. The van der Waals surface area contributed by atoms with E-state index in [1.807, 2.05) is 25.9 Å². The van der Waals surface area contributed by atoms with Crippen LogP contribution in [0.2, 0.25) is 0 Å². The van der Waals surface area contributed by atoms with Crippen molar-refractivity contribution >= 4 is 35.6 Å². The van der Waals surface area contributed by atoms with Crippen molar-refractivity contribution in [1.29, 1.82) is 0 Å². The molecule has 1 amide bonds. The van der Waals surface area contributed by atoms with Crippen LogP contribution in [0.15, 0.2) is 67.4 Å². The molecular weight excluding hydrogens is 593 g/mol. The monoisotopic (exact) mass is 626 g/mol. The number of nitrogens with zero attached hydrogens (tertiary/aromatic N) is 6. The molecule has 1 fully saturated rings. The molecule has 44 heavy (non-hydrogen) atoms. The van der Waals surface area contributed by atoms with Gasteiger partial charge in [0, 0.05) is 60.7 Å². The van der Waals surface area contributed by atoms with Crippen LogP contribution in [0.3, 0.4) is 0 Å². The first-order valence-corrected chi connectivity index (χ1v) is 13.9. The SMILES string of the molecule is Cc1ccc(NC(=O)c2ccc(CN3CC[C@H](CN(C)C)C3)c(C(F)(F)F)c2)cc1Nc1nccc(-c2cncnc2)n1.Cl. The third kappa shape index (κ3) is 8.28. The summed E-state index contributed by atoms with van der Waals surface area (Å²) in [5.74, 6) is 0.114. The zero-order chi connectivity index (χ0) is 30.6. The molecule has 13 heteroatoms. The summed E-state index contributed by atoms with van der Waals surface area (Å²) in [5, 5.41) is 5.87. The number of hydrogen-bond acceptors (Lipinski definition) is 8. The molecular formula is C31H34ClF3N8O. The van der Waals surface area contributed by atoms with Crippen molar-refractivity contribution in [2.75, 3.05) is 44.4 Å². The maximum absolute atomic E-state index is 14.1. The lowest BCUT2D eigenvalue weighted by atomic mass is 10.0. The minimum Gasteiger partial charge on any atom is -0.324 e. The molecule has 0 unspecified atom stereocenters. The van der Waals surface area contributed by atoms with Crippen molar-refractivity contribution in [3.63, 3.8) is 0 Å². The van der Waals surface area contributed by atoms with Crippen LogP contribution in [-0.2, 0) is 12.7 Å². The average Bonchev–Trinajstić information content (AvgIpc) is 3.41. The quantitative estimate of drug-likeness (QED) is 0.231. The summed E-state index contributed by atoms with van der Waals surface area (Å²) in [6, 6.07) is 10.7. The van der Waals surface area contributed by atoms with Crippen LogP contribution < -0.4 is 10.6 Å². The van der Waals surface area contributed by atoms with Crippen LogP contribution in [0.1, 0.15) is 33.5 Å². The molecule has 5 rings (SSSR count). The highest BCUT2D eigenvalue weighted by atomic mass is 35.5. The Morgan fingerprint density at radius 3 is 2.59 bits per heavy atom. The van der Waals surface area contributed by atoms with Gasteiger partial charge in [0.25, 0.3) is 5.91 Å². The van der Waals surface area contributed by atoms with Crippen LogP contribution in [0.4, 0.5) is 30.5 Å². The molecule has 1 saturated heterocycles. The fourth-order valence-corrected chi connectivity index (χ4v) is 5.25. The molecule has 1 atom stereocenters. The van der Waals surface area contributed by atoms with Crippen molar-refractivity contribution in [3.05, 3.63) is 89.6 Å². The van der Waals surface area contributed by atoms with Crippen LogP contribution in [0, 0.1) is 12.8 Å². The fraction of sp³-hybridized carbons (Fsp3) is 0.323. The minimum absolute atomic E-state index is 0. The van der Waals surface area contributed by atoms with Gasteiger partial charge in [0.05, 0.1) is 11.3 Å². The standard InChI is InChI=1S/C31H33F3N8O.ClH/c1-20-4-7-25(13-28(20)40-30-37-10-8-27(39-30)24-14-35-19-36-15-24)38-29(43)22-5-6-23(26(12-22)31(32,33)34)18-42-11-9-21(17-42)16-41(2)3;/h4-8,10,12-15,19,21H,9,11,16-18H2,1-3H3,(H,38,43)(H,37,39,40);1H/t21-;/m1./s1. The number of anilines is 3. The van der Waals surface area contributed by atoms with Gasteiger partial charge in [-0.1, -0.05) is 12.1 Å². The van der Waals surface area contributed by atoms with Crippen molar-refractivity contribution < 1.29 is 18.0 Å². The molecule has 1 aliphatic rings. The number of hydrogen-bond donors (Lipinski definition) is 2. The number of aryl methyl sites for hydroxylation is 1. The van der Waals surface area contributed by atoms with Crippen molar-refractivity contribution in [2.24, 2.45) is 5.92 Å². The van der Waals surface area contributed by atoms with Gasteiger partial charge in [-0.2, -0.15) is 13.2 Å². The number of nitrogens with one attached hydrogen (secondary N) is 2. The summed E-state index contributed by atoms with van der Waals surface area (Å²) in [7, 11) is 4.00. The molecule has 9 nitrogen and oxygen atoms in total. The van der Waals surface area contributed by atoms with Crippen molar-refractivity contribution in [1.82, 2.24) is 29.7 Å². The fourth-order valence-electron chi connectivity index (χ4n) is 5.25. The first kappa shape index (κ1) is 32.8. The van der Waals surface area contributed by atoms with E-state index in [1.165, 1.54) is 18.5 Å². The van der Waals surface area contributed by atoms with Gasteiger partial charge in [0.2, 0.25) is 5.95 Å². The highest BCUT2D eigenvalue weighted by molar-refractivity contribution is 6.04. The third-order valence-electron chi connectivity index (χ3n) is 7.32. The predicted octanol–water partition coefficient (Wildman–Crippen LogP) is 6.06. The molecule has 2 aromatic carbocycles. The zero-order valence-electron chi connectivity index (χ0n) is 24.6. The predicted molar refractivity (Wildman–Crippen MR) is 166 cm³/mol. The zero-order valence-corrected chi connectivity index (χ0v) is 25.4. The summed E-state index contributed by atoms with van der Waals surface area (Å²) in [4.78, 5) is 34.1. The Bertz CT molecular complexity index is 1590. The summed E-state index contributed by atoms with van der Waals surface area (Å²) >= 11 is 0. The number of carbonyl (C=O) groups is 1. The second kappa shape index (κ2) is 14.1. The molecule has 2 N–H and O–H groups in total. The Labute approximate surface area is 260 Å². The van der Waals surface area contributed by atoms with Gasteiger partial charge < -0.3 is 15.5 Å². The lowest BCUT2D eigenvalue weighted by molar-refractivity contribution is -0.138. The molecule has 0 saturated carbocycles. The van der Waals surface area contributed by atoms with Gasteiger partial charge >= 0.3 is 6.18 Å². The van der Waals surface area contributed by atoms with E-state index in [0.29, 0.717) is 28.9 Å². The van der Waals surface area contributed by atoms with E-state index in [4.69, 9.17) is 0 Å². The molecule has 0 spiro atoms. The maximum Gasteiger partial charge on any atom is 0.416 e. The molecule has 3 heterocycles. The van der Waals surface area contributed by atoms with Gasteiger partial charge in [0.15, 0.2) is 0 Å². The average molecular weight is 627 g/mol. The highest BCUT2D eigenvalue weighted by Crippen LogP contribution is 2.34. The number of benzene rings is 2. The molecule has 4 aromatic rings. The van der Waals surface area contributed by atoms with Crippen molar-refractivity contribution in [3.8, 4) is 11.3 Å². The van der Waals surface area contributed by atoms with E-state index < -0.39 is 17.6 Å². The lowest BCUT2D eigenvalue weighted by Gasteiger charge is -2.21. The number of rotatable bonds is 9. The first-order chi connectivity index (χ1) is 20.5. The van der Waals surface area contributed by atoms with Crippen molar-refractivity contribution in [2.45, 2.75) is 26.1 Å². The minimum atomic E-state index is -4.59. The molecule has 232 valence electrons. The molecule has 0 aliphatic carbocycles. The first-order valence-electron chi connectivity index (χ1n) is 13.9. The Morgan fingerprint density at radius 2 is 1.86 bits per heavy atom. The Morgan fingerprint density at radius 1 is 1.09 bits per heavy atom. The smallest absolute Gasteiger partial charge is 0.324 e. The second-order valence-electron chi connectivity index (χ2n) is 11.0. The Kier molecular flexibility index (Phi) is 10.5. The number of likely N-dealkylation sites (tertiary alicyclic amines) is 1. The topological polar surface area (TPSA) is 99.2 Å². The molecule has 0 bridgehead atoms. The second-order valence-corrected chi connectivity index (χ2v) is 11.0. The highest BCUT2D eigenvalue weighted by Gasteiger charge is 2.35. The Hall–Kier alpha value is -4.13. The summed E-state index contributed by atoms with van der Waals surface area (Å²) in [6.07, 6.45) is 2.69. The van der Waals surface area contributed by atoms with Gasteiger partial charge in [0.1, 0.15) is 6.33 Å². The van der Waals surface area contributed by atoms with E-state index in [-0.39, 0.29) is 30.1 Å². The largest absolute Gasteiger partial charge is 0.416 e. The summed E-state index contributed by atoms with van der Waals surface area (Å²) < 4.78 is 42.3. The van der Waals surface area contributed by atoms with Gasteiger partial charge in [-0.3, -0.25) is 9.69 Å². The number of amides is 1. The van der Waals surface area contributed by atoms with Gasteiger partial charge in [-0.25, -0.2) is 19.9 Å². The maximum atomic E-state index is 14.1. The normalized spacial score (nSPS) is 15.2.